The molecule has 0 fully saturated rings. The van der Waals surface area contributed by atoms with Gasteiger partial charge in [-0.15, -0.1) is 11.3 Å². The van der Waals surface area contributed by atoms with Gasteiger partial charge in [-0.1, -0.05) is 35.3 Å². The van der Waals surface area contributed by atoms with Gasteiger partial charge in [-0.3, -0.25) is 9.52 Å². The summed E-state index contributed by atoms with van der Waals surface area (Å²) in [5.74, 6) is 0.130. The zero-order chi connectivity index (χ0) is 18.7. The van der Waals surface area contributed by atoms with Gasteiger partial charge in [0.15, 0.2) is 0 Å². The number of carbonyl (C=O) groups excluding carboxylic acids is 1. The van der Waals surface area contributed by atoms with Crippen molar-refractivity contribution in [3.05, 3.63) is 68.7 Å². The Morgan fingerprint density at radius 1 is 1.15 bits per heavy atom. The van der Waals surface area contributed by atoms with Gasteiger partial charge in [0.05, 0.1) is 28.4 Å². The van der Waals surface area contributed by atoms with Crippen molar-refractivity contribution in [2.24, 2.45) is 0 Å². The third kappa shape index (κ3) is 4.21. The molecule has 3 aromatic rings. The molecule has 2 heterocycles. The van der Waals surface area contributed by atoms with Crippen molar-refractivity contribution in [3.8, 4) is 0 Å². The first-order valence-electron chi connectivity index (χ1n) is 7.24. The molecule has 26 heavy (non-hydrogen) atoms. The molecule has 10 heteroatoms. The summed E-state index contributed by atoms with van der Waals surface area (Å²) in [4.78, 5) is 12.3. The standard InChI is InChI=1S/C16H12Cl2N2O4S2/c17-14-8-13(15(18)25-14)26(22,23)20-12-6-2-1-5-11(12)16(21)19-9-10-4-3-7-24-10/h1-8,20H,9H2,(H,19,21). The Morgan fingerprint density at radius 3 is 2.58 bits per heavy atom. The maximum atomic E-state index is 12.6. The monoisotopic (exact) mass is 430 g/mol. The van der Waals surface area contributed by atoms with Crippen molar-refractivity contribution in [2.45, 2.75) is 11.4 Å². The first-order valence-corrected chi connectivity index (χ1v) is 10.3. The van der Waals surface area contributed by atoms with Crippen LogP contribution in [-0.4, -0.2) is 14.3 Å². The molecule has 0 aliphatic rings. The van der Waals surface area contributed by atoms with Crippen LogP contribution in [0.1, 0.15) is 16.1 Å². The Morgan fingerprint density at radius 2 is 1.92 bits per heavy atom. The molecule has 2 aromatic heterocycles. The number of amides is 1. The largest absolute Gasteiger partial charge is 0.467 e. The summed E-state index contributed by atoms with van der Waals surface area (Å²) in [7, 11) is -3.99. The van der Waals surface area contributed by atoms with Gasteiger partial charge in [-0.25, -0.2) is 8.42 Å². The molecule has 3 rings (SSSR count). The number of hydrogen-bond donors (Lipinski definition) is 2. The van der Waals surface area contributed by atoms with Crippen LogP contribution in [0.25, 0.3) is 0 Å². The molecule has 0 aliphatic carbocycles. The van der Waals surface area contributed by atoms with E-state index in [9.17, 15) is 13.2 Å². The SMILES string of the molecule is O=C(NCc1ccco1)c1ccccc1NS(=O)(=O)c1cc(Cl)sc1Cl. The highest BCUT2D eigenvalue weighted by molar-refractivity contribution is 7.93. The van der Waals surface area contributed by atoms with Gasteiger partial charge in [0.2, 0.25) is 0 Å². The van der Waals surface area contributed by atoms with E-state index in [4.69, 9.17) is 27.6 Å². The Labute approximate surface area is 163 Å². The van der Waals surface area contributed by atoms with E-state index in [-0.39, 0.29) is 31.4 Å². The van der Waals surface area contributed by atoms with Gasteiger partial charge in [0.1, 0.15) is 15.0 Å². The normalized spacial score (nSPS) is 11.3. The first-order chi connectivity index (χ1) is 12.4. The Balaban J connectivity index is 1.82. The number of benzene rings is 1. The Bertz CT molecular complexity index is 1030. The fourth-order valence-electron chi connectivity index (χ4n) is 2.15. The smallest absolute Gasteiger partial charge is 0.264 e. The van der Waals surface area contributed by atoms with E-state index < -0.39 is 15.9 Å². The fourth-order valence-corrected chi connectivity index (χ4v) is 5.38. The second kappa shape index (κ2) is 7.71. The van der Waals surface area contributed by atoms with Gasteiger partial charge >= 0.3 is 0 Å². The molecule has 0 saturated heterocycles. The molecule has 0 aliphatic heterocycles. The average molecular weight is 431 g/mol. The molecule has 0 atom stereocenters. The van der Waals surface area contributed by atoms with Crippen LogP contribution in [0.5, 0.6) is 0 Å². The van der Waals surface area contributed by atoms with Gasteiger partial charge in [-0.05, 0) is 30.3 Å². The molecule has 0 spiro atoms. The lowest BCUT2D eigenvalue weighted by molar-refractivity contribution is 0.0949. The van der Waals surface area contributed by atoms with Crippen molar-refractivity contribution in [3.63, 3.8) is 0 Å². The van der Waals surface area contributed by atoms with Crippen molar-refractivity contribution in [1.82, 2.24) is 5.32 Å². The van der Waals surface area contributed by atoms with Crippen molar-refractivity contribution < 1.29 is 17.6 Å². The van der Waals surface area contributed by atoms with E-state index in [1.165, 1.54) is 24.5 Å². The van der Waals surface area contributed by atoms with Crippen LogP contribution in [0.3, 0.4) is 0 Å². The Kier molecular flexibility index (Phi) is 5.57. The van der Waals surface area contributed by atoms with Gasteiger partial charge < -0.3 is 9.73 Å². The number of para-hydroxylation sites is 1. The molecular formula is C16H12Cl2N2O4S2. The van der Waals surface area contributed by atoms with Gasteiger partial charge in [-0.2, -0.15) is 0 Å². The number of hydrogen-bond acceptors (Lipinski definition) is 5. The zero-order valence-electron chi connectivity index (χ0n) is 13.0. The van der Waals surface area contributed by atoms with E-state index in [2.05, 4.69) is 10.0 Å². The van der Waals surface area contributed by atoms with E-state index in [0.29, 0.717) is 5.76 Å². The number of carbonyl (C=O) groups is 1. The Hall–Kier alpha value is -2.00. The van der Waals surface area contributed by atoms with Crippen LogP contribution in [0.2, 0.25) is 8.67 Å². The summed E-state index contributed by atoms with van der Waals surface area (Å²) in [6.45, 7) is 0.179. The number of rotatable bonds is 6. The number of thiophene rings is 1. The average Bonchev–Trinajstić information content (AvgIpc) is 3.22. The lowest BCUT2D eigenvalue weighted by Crippen LogP contribution is -2.24. The molecule has 0 unspecified atom stereocenters. The molecule has 0 saturated carbocycles. The predicted molar refractivity (Wildman–Crippen MR) is 101 cm³/mol. The van der Waals surface area contributed by atoms with Crippen LogP contribution in [0, 0.1) is 0 Å². The summed E-state index contributed by atoms with van der Waals surface area (Å²) in [6, 6.07) is 10.9. The maximum Gasteiger partial charge on any atom is 0.264 e. The summed E-state index contributed by atoms with van der Waals surface area (Å²) in [5, 5.41) is 2.67. The van der Waals surface area contributed by atoms with Crippen LogP contribution in [-0.2, 0) is 16.6 Å². The van der Waals surface area contributed by atoms with Crippen LogP contribution in [0.4, 0.5) is 5.69 Å². The summed E-state index contributed by atoms with van der Waals surface area (Å²) >= 11 is 12.7. The lowest BCUT2D eigenvalue weighted by Gasteiger charge is -2.12. The molecule has 6 nitrogen and oxygen atoms in total. The minimum absolute atomic E-state index is 0.0438. The van der Waals surface area contributed by atoms with Crippen LogP contribution < -0.4 is 10.0 Å². The maximum absolute atomic E-state index is 12.6. The van der Waals surface area contributed by atoms with Crippen molar-refractivity contribution in [2.75, 3.05) is 4.72 Å². The minimum atomic E-state index is -3.99. The van der Waals surface area contributed by atoms with Crippen molar-refractivity contribution in [1.29, 1.82) is 0 Å². The third-order valence-corrected chi connectivity index (χ3v) is 6.45. The quantitative estimate of drug-likeness (QED) is 0.607. The molecular weight excluding hydrogens is 419 g/mol. The number of anilines is 1. The van der Waals surface area contributed by atoms with Gasteiger partial charge in [0, 0.05) is 0 Å². The van der Waals surface area contributed by atoms with Crippen LogP contribution >= 0.6 is 34.5 Å². The molecule has 0 radical (unpaired) electrons. The molecule has 1 amide bonds. The lowest BCUT2D eigenvalue weighted by atomic mass is 10.1. The second-order valence-electron chi connectivity index (χ2n) is 5.10. The molecule has 1 aromatic carbocycles. The van der Waals surface area contributed by atoms with E-state index in [0.717, 1.165) is 11.3 Å². The molecule has 0 bridgehead atoms. The highest BCUT2D eigenvalue weighted by Crippen LogP contribution is 2.35. The molecule has 136 valence electrons. The van der Waals surface area contributed by atoms with E-state index >= 15 is 0 Å². The third-order valence-electron chi connectivity index (χ3n) is 3.33. The fraction of sp³-hybridized carbons (Fsp3) is 0.0625. The van der Waals surface area contributed by atoms with Crippen LogP contribution in [0.15, 0.2) is 58.0 Å². The number of nitrogens with one attached hydrogen (secondary N) is 2. The second-order valence-corrected chi connectivity index (χ2v) is 9.04. The summed E-state index contributed by atoms with van der Waals surface area (Å²) in [6.07, 6.45) is 1.50. The highest BCUT2D eigenvalue weighted by atomic mass is 35.5. The predicted octanol–water partition coefficient (Wildman–Crippen LogP) is 4.38. The number of halogens is 2. The van der Waals surface area contributed by atoms with Gasteiger partial charge in [0.25, 0.3) is 15.9 Å². The number of sulfonamides is 1. The topological polar surface area (TPSA) is 88.4 Å². The minimum Gasteiger partial charge on any atom is -0.467 e. The molecule has 2 N–H and O–H groups in total. The number of furan rings is 1. The summed E-state index contributed by atoms with van der Waals surface area (Å²) < 4.78 is 33.0. The zero-order valence-corrected chi connectivity index (χ0v) is 16.2. The van der Waals surface area contributed by atoms with E-state index in [1.807, 2.05) is 0 Å². The van der Waals surface area contributed by atoms with E-state index in [1.54, 1.807) is 24.3 Å². The van der Waals surface area contributed by atoms with Crippen molar-refractivity contribution >= 4 is 56.2 Å². The first kappa shape index (κ1) is 18.8. The summed E-state index contributed by atoms with van der Waals surface area (Å²) in [5.41, 5.74) is 0.294. The highest BCUT2D eigenvalue weighted by Gasteiger charge is 2.23.